The second-order valence-electron chi connectivity index (χ2n) is 3.38. The van der Waals surface area contributed by atoms with Gasteiger partial charge in [0.05, 0.1) is 10.4 Å². The lowest BCUT2D eigenvalue weighted by Gasteiger charge is -2.18. The molecule has 0 aliphatic carbocycles. The van der Waals surface area contributed by atoms with Crippen LogP contribution in [0.25, 0.3) is 0 Å². The van der Waals surface area contributed by atoms with Crippen LogP contribution >= 0.6 is 15.9 Å². The number of allylic oxidation sites excluding steroid dienone is 3. The summed E-state index contributed by atoms with van der Waals surface area (Å²) in [5, 5.41) is 0. The molecule has 3 nitrogen and oxygen atoms in total. The maximum Gasteiger partial charge on any atom is 0.140 e. The first-order valence-electron chi connectivity index (χ1n) is 4.17. The summed E-state index contributed by atoms with van der Waals surface area (Å²) in [4.78, 5) is 11.1. The molecular weight excluding hydrogens is 278 g/mol. The highest BCUT2D eigenvalue weighted by molar-refractivity contribution is 9.12. The first-order valence-corrected chi connectivity index (χ1v) is 6.11. The molecule has 15 heavy (non-hydrogen) atoms. The SMILES string of the molecule is C=C/C=C(\C(=C)Br)S(=O)NC(C)(C)C=O. The molecule has 1 N–H and O–H groups in total. The topological polar surface area (TPSA) is 46.2 Å². The van der Waals surface area contributed by atoms with Crippen molar-refractivity contribution < 1.29 is 9.00 Å². The number of carbonyl (C=O) groups is 1. The zero-order valence-corrected chi connectivity index (χ0v) is 11.2. The maximum absolute atomic E-state index is 11.8. The summed E-state index contributed by atoms with van der Waals surface area (Å²) in [6.45, 7) is 10.4. The van der Waals surface area contributed by atoms with Crippen molar-refractivity contribution in [3.05, 3.63) is 34.7 Å². The van der Waals surface area contributed by atoms with Crippen LogP contribution in [0, 0.1) is 0 Å². The quantitative estimate of drug-likeness (QED) is 0.602. The maximum atomic E-state index is 11.8. The van der Waals surface area contributed by atoms with E-state index in [1.54, 1.807) is 19.9 Å². The lowest BCUT2D eigenvalue weighted by atomic mass is 10.1. The van der Waals surface area contributed by atoms with Gasteiger partial charge in [-0.05, 0) is 19.9 Å². The predicted octanol–water partition coefficient (Wildman–Crippen LogP) is 2.20. The van der Waals surface area contributed by atoms with E-state index in [1.807, 2.05) is 0 Å². The molecule has 0 aromatic carbocycles. The first kappa shape index (κ1) is 14.5. The lowest BCUT2D eigenvalue weighted by Crippen LogP contribution is -2.42. The third-order valence-electron chi connectivity index (χ3n) is 1.39. The molecule has 0 radical (unpaired) electrons. The molecule has 1 unspecified atom stereocenters. The van der Waals surface area contributed by atoms with Gasteiger partial charge in [0.25, 0.3) is 0 Å². The summed E-state index contributed by atoms with van der Waals surface area (Å²) in [7, 11) is -1.49. The molecule has 5 heteroatoms. The van der Waals surface area contributed by atoms with E-state index in [1.165, 1.54) is 6.08 Å². The molecule has 0 aliphatic rings. The fourth-order valence-electron chi connectivity index (χ4n) is 0.678. The summed E-state index contributed by atoms with van der Waals surface area (Å²) in [5.41, 5.74) is -0.840. The molecule has 0 aromatic heterocycles. The van der Waals surface area contributed by atoms with Crippen LogP contribution < -0.4 is 4.72 Å². The smallest absolute Gasteiger partial charge is 0.140 e. The molecule has 0 spiro atoms. The number of nitrogens with one attached hydrogen (secondary N) is 1. The van der Waals surface area contributed by atoms with Crippen molar-refractivity contribution in [1.29, 1.82) is 0 Å². The molecule has 0 heterocycles. The molecular formula is C10H14BrNO2S. The largest absolute Gasteiger partial charge is 0.301 e. The zero-order valence-electron chi connectivity index (χ0n) is 8.75. The third-order valence-corrected chi connectivity index (χ3v) is 3.57. The average Bonchev–Trinajstić information content (AvgIpc) is 2.12. The van der Waals surface area contributed by atoms with Gasteiger partial charge >= 0.3 is 0 Å². The fraction of sp³-hybridized carbons (Fsp3) is 0.300. The van der Waals surface area contributed by atoms with Crippen LogP contribution in [0.2, 0.25) is 0 Å². The Balaban J connectivity index is 4.83. The Hall–Kier alpha value is -0.520. The van der Waals surface area contributed by atoms with Crippen molar-refractivity contribution in [2.24, 2.45) is 0 Å². The second-order valence-corrected chi connectivity index (χ2v) is 5.52. The van der Waals surface area contributed by atoms with Crippen molar-refractivity contribution in [3.63, 3.8) is 0 Å². The van der Waals surface area contributed by atoms with Crippen molar-refractivity contribution in [1.82, 2.24) is 4.72 Å². The van der Waals surface area contributed by atoms with Crippen molar-refractivity contribution >= 4 is 33.2 Å². The van der Waals surface area contributed by atoms with Crippen LogP contribution in [0.1, 0.15) is 13.8 Å². The molecule has 0 saturated heterocycles. The number of rotatable bonds is 6. The second kappa shape index (κ2) is 6.15. The van der Waals surface area contributed by atoms with Gasteiger partial charge in [0.2, 0.25) is 0 Å². The van der Waals surface area contributed by atoms with E-state index in [-0.39, 0.29) is 0 Å². The number of carbonyl (C=O) groups excluding carboxylic acids is 1. The van der Waals surface area contributed by atoms with Gasteiger partial charge in [-0.1, -0.05) is 35.2 Å². The van der Waals surface area contributed by atoms with Gasteiger partial charge in [0.1, 0.15) is 17.3 Å². The Bertz CT molecular complexity index is 334. The lowest BCUT2D eigenvalue weighted by molar-refractivity contribution is -0.111. The van der Waals surface area contributed by atoms with Gasteiger partial charge in [-0.2, -0.15) is 0 Å². The average molecular weight is 292 g/mol. The summed E-state index contributed by atoms with van der Waals surface area (Å²) in [5.74, 6) is 0. The van der Waals surface area contributed by atoms with Crippen molar-refractivity contribution in [2.75, 3.05) is 0 Å². The molecule has 0 aromatic rings. The summed E-state index contributed by atoms with van der Waals surface area (Å²) in [6, 6.07) is 0. The van der Waals surface area contributed by atoms with Gasteiger partial charge in [-0.25, -0.2) is 8.93 Å². The first-order chi connectivity index (χ1) is 6.84. The summed E-state index contributed by atoms with van der Waals surface area (Å²) >= 11 is 3.14. The van der Waals surface area contributed by atoms with E-state index in [4.69, 9.17) is 0 Å². The van der Waals surface area contributed by atoms with Crippen molar-refractivity contribution in [3.8, 4) is 0 Å². The van der Waals surface area contributed by atoms with Crippen LogP contribution in [0.4, 0.5) is 0 Å². The Morgan fingerprint density at radius 3 is 2.40 bits per heavy atom. The molecule has 0 rings (SSSR count). The highest BCUT2D eigenvalue weighted by Gasteiger charge is 2.21. The number of hydrogen-bond acceptors (Lipinski definition) is 2. The molecule has 0 aliphatic heterocycles. The Kier molecular flexibility index (Phi) is 5.93. The number of aldehydes is 1. The molecule has 0 saturated carbocycles. The van der Waals surface area contributed by atoms with Crippen LogP contribution in [-0.2, 0) is 15.8 Å². The molecule has 0 amide bonds. The molecule has 84 valence electrons. The number of halogens is 1. The molecule has 0 fully saturated rings. The summed E-state index contributed by atoms with van der Waals surface area (Å²) in [6.07, 6.45) is 3.78. The third kappa shape index (κ3) is 5.20. The predicted molar refractivity (Wildman–Crippen MR) is 67.8 cm³/mol. The van der Waals surface area contributed by atoms with E-state index >= 15 is 0 Å². The monoisotopic (exact) mass is 291 g/mol. The Labute approximate surface area is 101 Å². The highest BCUT2D eigenvalue weighted by Crippen LogP contribution is 2.18. The fourth-order valence-corrected chi connectivity index (χ4v) is 2.31. The summed E-state index contributed by atoms with van der Waals surface area (Å²) < 4.78 is 14.9. The van der Waals surface area contributed by atoms with Crippen LogP contribution in [0.15, 0.2) is 34.7 Å². The minimum atomic E-state index is -1.49. The van der Waals surface area contributed by atoms with E-state index in [0.29, 0.717) is 15.7 Å². The highest BCUT2D eigenvalue weighted by atomic mass is 79.9. The normalized spacial score (nSPS) is 14.5. The van der Waals surface area contributed by atoms with Crippen LogP contribution in [0.3, 0.4) is 0 Å². The van der Waals surface area contributed by atoms with E-state index in [9.17, 15) is 9.00 Å². The van der Waals surface area contributed by atoms with Crippen LogP contribution in [0.5, 0.6) is 0 Å². The van der Waals surface area contributed by atoms with Gasteiger partial charge in [0, 0.05) is 4.48 Å². The Morgan fingerprint density at radius 2 is 2.07 bits per heavy atom. The Morgan fingerprint density at radius 1 is 1.53 bits per heavy atom. The van der Waals surface area contributed by atoms with Crippen LogP contribution in [-0.4, -0.2) is 16.0 Å². The molecule has 0 bridgehead atoms. The van der Waals surface area contributed by atoms with E-state index < -0.39 is 16.5 Å². The molecule has 1 atom stereocenters. The standard InChI is InChI=1S/C10H14BrNO2S/c1-5-6-9(8(2)11)15(14)12-10(3,4)7-13/h5-7,12H,1-2H2,3-4H3/b9-6+. The van der Waals surface area contributed by atoms with Gasteiger partial charge in [0.15, 0.2) is 0 Å². The zero-order chi connectivity index (χ0) is 12.1. The van der Waals surface area contributed by atoms with E-state index in [2.05, 4.69) is 33.8 Å². The van der Waals surface area contributed by atoms with E-state index in [0.717, 1.165) is 0 Å². The number of hydrogen-bond donors (Lipinski definition) is 1. The minimum Gasteiger partial charge on any atom is -0.301 e. The van der Waals surface area contributed by atoms with Crippen molar-refractivity contribution in [2.45, 2.75) is 19.4 Å². The van der Waals surface area contributed by atoms with Gasteiger partial charge < -0.3 is 4.79 Å². The van der Waals surface area contributed by atoms with Gasteiger partial charge in [-0.15, -0.1) is 0 Å². The van der Waals surface area contributed by atoms with Gasteiger partial charge in [-0.3, -0.25) is 0 Å². The minimum absolute atomic E-state index is 0.458.